The first-order valence-corrected chi connectivity index (χ1v) is 6.16. The smallest absolute Gasteiger partial charge is 0.195 e. The van der Waals surface area contributed by atoms with Crippen molar-refractivity contribution < 1.29 is 4.74 Å². The topological polar surface area (TPSA) is 85.7 Å². The fourth-order valence-electron chi connectivity index (χ4n) is 2.09. The molecule has 5 N–H and O–H groups in total. The zero-order valence-electron chi connectivity index (χ0n) is 10.8. The lowest BCUT2D eigenvalue weighted by atomic mass is 9.91. The van der Waals surface area contributed by atoms with Gasteiger partial charge >= 0.3 is 0 Å². The second kappa shape index (κ2) is 4.86. The summed E-state index contributed by atoms with van der Waals surface area (Å²) in [6, 6.07) is 0. The van der Waals surface area contributed by atoms with Gasteiger partial charge in [-0.15, -0.1) is 0 Å². The maximum absolute atomic E-state index is 6.32. The lowest BCUT2D eigenvalue weighted by Gasteiger charge is -2.31. The summed E-state index contributed by atoms with van der Waals surface area (Å²) in [5.74, 6) is 1.13. The summed E-state index contributed by atoms with van der Waals surface area (Å²) in [5, 5.41) is 2.82. The number of nitrogens with one attached hydrogen (secondary N) is 1. The van der Waals surface area contributed by atoms with Gasteiger partial charge in [-0.25, -0.2) is 4.99 Å². The van der Waals surface area contributed by atoms with Gasteiger partial charge in [-0.3, -0.25) is 0 Å². The van der Waals surface area contributed by atoms with Gasteiger partial charge in [0.1, 0.15) is 5.76 Å². The van der Waals surface area contributed by atoms with Crippen LogP contribution in [0.3, 0.4) is 0 Å². The van der Waals surface area contributed by atoms with Gasteiger partial charge in [-0.05, 0) is 38.8 Å². The van der Waals surface area contributed by atoms with Gasteiger partial charge in [-0.1, -0.05) is 6.08 Å². The zero-order valence-corrected chi connectivity index (χ0v) is 10.8. The van der Waals surface area contributed by atoms with Crippen molar-refractivity contribution in [1.82, 2.24) is 5.32 Å². The quantitative estimate of drug-likeness (QED) is 0.698. The Labute approximate surface area is 107 Å². The van der Waals surface area contributed by atoms with E-state index in [2.05, 4.69) is 16.4 Å². The summed E-state index contributed by atoms with van der Waals surface area (Å²) in [7, 11) is 0. The molecule has 0 aromatic rings. The van der Waals surface area contributed by atoms with Crippen LogP contribution < -0.4 is 16.8 Å². The van der Waals surface area contributed by atoms with E-state index in [4.69, 9.17) is 16.2 Å². The Balaban J connectivity index is 2.38. The highest BCUT2D eigenvalue weighted by Crippen LogP contribution is 2.31. The highest BCUT2D eigenvalue weighted by atomic mass is 16.5. The van der Waals surface area contributed by atoms with Crippen LogP contribution in [0.4, 0.5) is 0 Å². The summed E-state index contributed by atoms with van der Waals surface area (Å²) in [6.07, 6.45) is 9.46. The predicted molar refractivity (Wildman–Crippen MR) is 72.4 cm³/mol. The Bertz CT molecular complexity index is 448. The van der Waals surface area contributed by atoms with Crippen LogP contribution >= 0.6 is 0 Å². The van der Waals surface area contributed by atoms with E-state index in [0.29, 0.717) is 5.96 Å². The molecule has 1 unspecified atom stereocenters. The molecule has 1 atom stereocenters. The summed E-state index contributed by atoms with van der Waals surface area (Å²) < 4.78 is 5.81. The molecule has 18 heavy (non-hydrogen) atoms. The van der Waals surface area contributed by atoms with E-state index >= 15 is 0 Å². The SMILES string of the molecule is CC(C)OC1=C(C2(N)C=CNC(N)=N2)CCC=C1. The Morgan fingerprint density at radius 1 is 1.50 bits per heavy atom. The van der Waals surface area contributed by atoms with E-state index in [1.54, 1.807) is 6.20 Å². The second-order valence-corrected chi connectivity index (χ2v) is 4.75. The number of nitrogens with two attached hydrogens (primary N) is 2. The average molecular weight is 248 g/mol. The maximum atomic E-state index is 6.32. The van der Waals surface area contributed by atoms with Crippen molar-refractivity contribution in [1.29, 1.82) is 0 Å². The molecule has 0 radical (unpaired) electrons. The van der Waals surface area contributed by atoms with Gasteiger partial charge in [0.05, 0.1) is 6.10 Å². The zero-order chi connectivity index (χ0) is 13.2. The number of nitrogens with zero attached hydrogens (tertiary/aromatic N) is 1. The largest absolute Gasteiger partial charge is 0.491 e. The Hall–Kier alpha value is -1.75. The van der Waals surface area contributed by atoms with Crippen molar-refractivity contribution >= 4 is 5.96 Å². The van der Waals surface area contributed by atoms with Gasteiger partial charge in [-0.2, -0.15) is 0 Å². The van der Waals surface area contributed by atoms with Gasteiger partial charge in [0.15, 0.2) is 11.6 Å². The van der Waals surface area contributed by atoms with Crippen molar-refractivity contribution in [2.75, 3.05) is 0 Å². The van der Waals surface area contributed by atoms with Gasteiger partial charge in [0, 0.05) is 11.8 Å². The van der Waals surface area contributed by atoms with E-state index in [1.165, 1.54) is 0 Å². The van der Waals surface area contributed by atoms with Crippen molar-refractivity contribution in [3.05, 3.63) is 35.8 Å². The molecule has 1 aliphatic heterocycles. The molecular weight excluding hydrogens is 228 g/mol. The molecule has 0 amide bonds. The van der Waals surface area contributed by atoms with Crippen LogP contribution in [0.5, 0.6) is 0 Å². The maximum Gasteiger partial charge on any atom is 0.195 e. The third kappa shape index (κ3) is 2.56. The first-order valence-electron chi connectivity index (χ1n) is 6.16. The van der Waals surface area contributed by atoms with E-state index < -0.39 is 5.66 Å². The molecule has 5 nitrogen and oxygen atoms in total. The molecule has 0 bridgehead atoms. The van der Waals surface area contributed by atoms with Crippen molar-refractivity contribution in [2.24, 2.45) is 16.5 Å². The highest BCUT2D eigenvalue weighted by Gasteiger charge is 2.32. The second-order valence-electron chi connectivity index (χ2n) is 4.75. The van der Waals surface area contributed by atoms with E-state index in [1.807, 2.05) is 26.0 Å². The summed E-state index contributed by atoms with van der Waals surface area (Å²) in [6.45, 7) is 3.98. The monoisotopic (exact) mass is 248 g/mol. The Kier molecular flexibility index (Phi) is 3.43. The molecule has 0 aromatic heterocycles. The van der Waals surface area contributed by atoms with Crippen molar-refractivity contribution in [3.8, 4) is 0 Å². The molecule has 0 saturated heterocycles. The van der Waals surface area contributed by atoms with Crippen LogP contribution in [0.1, 0.15) is 26.7 Å². The fourth-order valence-corrected chi connectivity index (χ4v) is 2.09. The van der Waals surface area contributed by atoms with Crippen molar-refractivity contribution in [2.45, 2.75) is 38.5 Å². The fraction of sp³-hybridized carbons (Fsp3) is 0.462. The first kappa shape index (κ1) is 12.7. The molecule has 1 heterocycles. The average Bonchev–Trinajstić information content (AvgIpc) is 2.28. The number of hydrogen-bond acceptors (Lipinski definition) is 5. The summed E-state index contributed by atoms with van der Waals surface area (Å²) in [4.78, 5) is 4.30. The van der Waals surface area contributed by atoms with Crippen LogP contribution in [0, 0.1) is 0 Å². The van der Waals surface area contributed by atoms with Gasteiger partial charge in [0.25, 0.3) is 0 Å². The van der Waals surface area contributed by atoms with E-state index in [0.717, 1.165) is 24.2 Å². The van der Waals surface area contributed by atoms with Gasteiger partial charge < -0.3 is 21.5 Å². The van der Waals surface area contributed by atoms with E-state index in [-0.39, 0.29) is 6.10 Å². The van der Waals surface area contributed by atoms with Gasteiger partial charge in [0.2, 0.25) is 0 Å². The number of rotatable bonds is 3. The third-order valence-corrected chi connectivity index (χ3v) is 2.85. The molecule has 0 saturated carbocycles. The number of guanidine groups is 1. The molecule has 0 fully saturated rings. The molecule has 98 valence electrons. The summed E-state index contributed by atoms with van der Waals surface area (Å²) in [5.41, 5.74) is 12.1. The molecule has 2 aliphatic rings. The van der Waals surface area contributed by atoms with Crippen LogP contribution in [-0.2, 0) is 4.74 Å². The predicted octanol–water partition coefficient (Wildman–Crippen LogP) is 1.10. The lowest BCUT2D eigenvalue weighted by molar-refractivity contribution is 0.151. The van der Waals surface area contributed by atoms with E-state index in [9.17, 15) is 0 Å². The number of hydrogen-bond donors (Lipinski definition) is 3. The standard InChI is InChI=1S/C13H20N4O/c1-9(2)18-11-6-4-3-5-10(11)13(15)7-8-16-12(14)17-13/h4,6-9H,3,5,15H2,1-2H3,(H3,14,16,17). The highest BCUT2D eigenvalue weighted by molar-refractivity contribution is 5.81. The van der Waals surface area contributed by atoms with Crippen LogP contribution in [0.2, 0.25) is 0 Å². The molecule has 0 spiro atoms. The normalized spacial score (nSPS) is 27.2. The van der Waals surface area contributed by atoms with Crippen LogP contribution in [-0.4, -0.2) is 17.7 Å². The molecule has 1 aliphatic carbocycles. The minimum absolute atomic E-state index is 0.105. The third-order valence-electron chi connectivity index (χ3n) is 2.85. The number of ether oxygens (including phenoxy) is 1. The lowest BCUT2D eigenvalue weighted by Crippen LogP contribution is -2.46. The van der Waals surface area contributed by atoms with Crippen molar-refractivity contribution in [3.63, 3.8) is 0 Å². The molecular formula is C13H20N4O. The summed E-state index contributed by atoms with van der Waals surface area (Å²) >= 11 is 0. The van der Waals surface area contributed by atoms with Crippen LogP contribution in [0.15, 0.2) is 40.8 Å². The minimum Gasteiger partial charge on any atom is -0.491 e. The van der Waals surface area contributed by atoms with Crippen LogP contribution in [0.25, 0.3) is 0 Å². The minimum atomic E-state index is -0.898. The Morgan fingerprint density at radius 3 is 2.94 bits per heavy atom. The molecule has 0 aromatic carbocycles. The molecule has 2 rings (SSSR count). The number of aliphatic imine (C=N–C) groups is 1. The number of allylic oxidation sites excluding steroid dienone is 2. The molecule has 5 heteroatoms. The Morgan fingerprint density at radius 2 is 2.28 bits per heavy atom. The first-order chi connectivity index (χ1) is 8.51.